The fraction of sp³-hybridized carbons (Fsp3) is 0.737. The summed E-state index contributed by atoms with van der Waals surface area (Å²) in [5.74, 6) is 0.685. The summed E-state index contributed by atoms with van der Waals surface area (Å²) in [5.41, 5.74) is 1.02. The number of aromatic nitrogens is 4. The minimum absolute atomic E-state index is 0.0172. The van der Waals surface area contributed by atoms with Crippen molar-refractivity contribution in [1.29, 1.82) is 0 Å². The normalized spacial score (nSPS) is 21.2. The van der Waals surface area contributed by atoms with Crippen molar-refractivity contribution in [2.24, 2.45) is 5.41 Å². The molecule has 1 unspecified atom stereocenters. The number of morpholine rings is 1. The average molecular weight is 406 g/mol. The predicted molar refractivity (Wildman–Crippen MR) is 107 cm³/mol. The molecule has 2 aliphatic rings. The maximum absolute atomic E-state index is 10.5. The molecule has 0 bridgehead atoms. The van der Waals surface area contributed by atoms with Gasteiger partial charge in [-0.15, -0.1) is 0 Å². The van der Waals surface area contributed by atoms with Crippen LogP contribution in [0.1, 0.15) is 18.9 Å². The number of nitrogens with zero attached hydrogens (tertiary/aromatic N) is 6. The van der Waals surface area contributed by atoms with Crippen molar-refractivity contribution in [3.05, 3.63) is 12.7 Å². The SMILES string of the molecule is CN(CC(O)CN1CCOCC1)c1ncnc2c1ncn2C1CC(CO)(CO)C1. The Kier molecular flexibility index (Phi) is 5.98. The summed E-state index contributed by atoms with van der Waals surface area (Å²) in [6, 6.07) is 0.152. The first-order valence-corrected chi connectivity index (χ1v) is 10.1. The Bertz CT molecular complexity index is 812. The number of aliphatic hydroxyl groups is 3. The Balaban J connectivity index is 1.45. The van der Waals surface area contributed by atoms with Crippen LogP contribution in [0.15, 0.2) is 12.7 Å². The number of β-amino-alcohol motifs (C(OH)–C–C–N with tert-alkyl or cyclic N) is 1. The summed E-state index contributed by atoms with van der Waals surface area (Å²) in [5, 5.41) is 29.6. The van der Waals surface area contributed by atoms with Crippen molar-refractivity contribution in [2.75, 3.05) is 64.6 Å². The highest BCUT2D eigenvalue weighted by atomic mass is 16.5. The van der Waals surface area contributed by atoms with Crippen molar-refractivity contribution in [1.82, 2.24) is 24.4 Å². The van der Waals surface area contributed by atoms with E-state index in [0.29, 0.717) is 50.5 Å². The van der Waals surface area contributed by atoms with Gasteiger partial charge < -0.3 is 29.5 Å². The summed E-state index contributed by atoms with van der Waals surface area (Å²) < 4.78 is 7.36. The van der Waals surface area contributed by atoms with Crippen molar-refractivity contribution in [2.45, 2.75) is 25.0 Å². The van der Waals surface area contributed by atoms with Crippen molar-refractivity contribution < 1.29 is 20.1 Å². The molecule has 0 aromatic carbocycles. The van der Waals surface area contributed by atoms with Crippen LogP contribution < -0.4 is 4.90 Å². The zero-order valence-corrected chi connectivity index (χ0v) is 16.8. The van der Waals surface area contributed by atoms with Gasteiger partial charge in [0.05, 0.1) is 38.9 Å². The Morgan fingerprint density at radius 1 is 1.21 bits per heavy atom. The van der Waals surface area contributed by atoms with Crippen molar-refractivity contribution >= 4 is 17.0 Å². The molecule has 2 aromatic rings. The first-order chi connectivity index (χ1) is 14.0. The molecule has 160 valence electrons. The second kappa shape index (κ2) is 8.49. The molecule has 3 N–H and O–H groups in total. The zero-order chi connectivity index (χ0) is 20.4. The maximum atomic E-state index is 10.5. The third-order valence-corrected chi connectivity index (χ3v) is 6.16. The molecule has 3 heterocycles. The Labute approximate surface area is 169 Å². The third kappa shape index (κ3) is 4.08. The first-order valence-electron chi connectivity index (χ1n) is 10.1. The van der Waals surface area contributed by atoms with E-state index in [4.69, 9.17) is 4.74 Å². The molecular weight excluding hydrogens is 376 g/mol. The number of imidazole rings is 1. The Morgan fingerprint density at radius 2 is 1.93 bits per heavy atom. The van der Waals surface area contributed by atoms with Crippen LogP contribution >= 0.6 is 0 Å². The Morgan fingerprint density at radius 3 is 2.62 bits per heavy atom. The molecule has 2 aromatic heterocycles. The number of hydrogen-bond donors (Lipinski definition) is 3. The molecule has 0 spiro atoms. The van der Waals surface area contributed by atoms with E-state index in [-0.39, 0.29) is 19.3 Å². The van der Waals surface area contributed by atoms with Crippen molar-refractivity contribution in [3.63, 3.8) is 0 Å². The number of likely N-dealkylation sites (N-methyl/N-ethyl adjacent to an activating group) is 1. The van der Waals surface area contributed by atoms with Gasteiger partial charge in [0, 0.05) is 44.7 Å². The van der Waals surface area contributed by atoms with Crippen LogP contribution in [0.3, 0.4) is 0 Å². The second-order valence-electron chi connectivity index (χ2n) is 8.35. The molecule has 1 atom stereocenters. The molecule has 4 rings (SSSR count). The highest BCUT2D eigenvalue weighted by Gasteiger charge is 2.44. The Hall–Kier alpha value is -1.85. The van der Waals surface area contributed by atoms with Crippen LogP contribution in [0.4, 0.5) is 5.82 Å². The van der Waals surface area contributed by atoms with Gasteiger partial charge in [-0.2, -0.15) is 0 Å². The molecule has 0 radical (unpaired) electrons. The quantitative estimate of drug-likeness (QED) is 0.521. The first kappa shape index (κ1) is 20.4. The van der Waals surface area contributed by atoms with Gasteiger partial charge in [0.2, 0.25) is 0 Å². The van der Waals surface area contributed by atoms with Crippen LogP contribution in [0.2, 0.25) is 0 Å². The zero-order valence-electron chi connectivity index (χ0n) is 16.8. The lowest BCUT2D eigenvalue weighted by Gasteiger charge is -2.45. The van der Waals surface area contributed by atoms with Crippen LogP contribution in [0.25, 0.3) is 11.2 Å². The van der Waals surface area contributed by atoms with Gasteiger partial charge in [-0.3, -0.25) is 4.90 Å². The van der Waals surface area contributed by atoms with Gasteiger partial charge in [0.15, 0.2) is 17.0 Å². The van der Waals surface area contributed by atoms with Gasteiger partial charge >= 0.3 is 0 Å². The molecule has 10 heteroatoms. The van der Waals surface area contributed by atoms with Crippen LogP contribution in [-0.4, -0.2) is 105 Å². The summed E-state index contributed by atoms with van der Waals surface area (Å²) in [6.07, 6.45) is 4.15. The molecule has 2 fully saturated rings. The lowest BCUT2D eigenvalue weighted by molar-refractivity contribution is -0.0421. The number of aliphatic hydroxyl groups excluding tert-OH is 3. The number of fused-ring (bicyclic) bond motifs is 1. The van der Waals surface area contributed by atoms with Gasteiger partial charge in [-0.05, 0) is 12.8 Å². The summed E-state index contributed by atoms with van der Waals surface area (Å²) in [7, 11) is 1.90. The summed E-state index contributed by atoms with van der Waals surface area (Å²) in [4.78, 5) is 17.5. The van der Waals surface area contributed by atoms with Gasteiger partial charge in [-0.25, -0.2) is 15.0 Å². The van der Waals surface area contributed by atoms with E-state index >= 15 is 0 Å². The third-order valence-electron chi connectivity index (χ3n) is 6.16. The molecule has 29 heavy (non-hydrogen) atoms. The van der Waals surface area contributed by atoms with Crippen LogP contribution in [-0.2, 0) is 4.74 Å². The molecule has 1 saturated carbocycles. The van der Waals surface area contributed by atoms with E-state index in [1.54, 1.807) is 6.33 Å². The molecule has 1 aliphatic carbocycles. The number of ether oxygens (including phenoxy) is 1. The highest BCUT2D eigenvalue weighted by Crippen LogP contribution is 2.48. The maximum Gasteiger partial charge on any atom is 0.165 e. The smallest absolute Gasteiger partial charge is 0.165 e. The molecular formula is C19H30N6O4. The molecule has 0 amide bonds. The van der Waals surface area contributed by atoms with E-state index in [1.165, 1.54) is 6.33 Å². The number of hydrogen-bond acceptors (Lipinski definition) is 9. The van der Waals surface area contributed by atoms with Gasteiger partial charge in [-0.1, -0.05) is 0 Å². The minimum Gasteiger partial charge on any atom is -0.396 e. The standard InChI is InChI=1S/C19H30N6O4/c1-23(8-15(28)9-24-2-4-29-5-3-24)17-16-18(21-12-20-17)25(13-22-16)14-6-19(7-14,10-26)11-27/h12-15,26-28H,2-11H2,1H3. The van der Waals surface area contributed by atoms with Crippen LogP contribution in [0, 0.1) is 5.41 Å². The van der Waals surface area contributed by atoms with Gasteiger partial charge in [0.25, 0.3) is 0 Å². The summed E-state index contributed by atoms with van der Waals surface area (Å²) >= 11 is 0. The highest BCUT2D eigenvalue weighted by molar-refractivity contribution is 5.83. The van der Waals surface area contributed by atoms with E-state index in [9.17, 15) is 15.3 Å². The average Bonchev–Trinajstić information content (AvgIpc) is 3.12. The predicted octanol–water partition coefficient (Wildman–Crippen LogP) is -0.738. The fourth-order valence-electron chi connectivity index (χ4n) is 4.37. The number of anilines is 1. The topological polar surface area (TPSA) is 120 Å². The molecule has 1 saturated heterocycles. The van der Waals surface area contributed by atoms with E-state index in [2.05, 4.69) is 19.9 Å². The molecule has 1 aliphatic heterocycles. The summed E-state index contributed by atoms with van der Waals surface area (Å²) in [6.45, 7) is 4.11. The lowest BCUT2D eigenvalue weighted by Crippen LogP contribution is -2.44. The number of rotatable bonds is 8. The van der Waals surface area contributed by atoms with E-state index < -0.39 is 11.5 Å². The lowest BCUT2D eigenvalue weighted by atomic mass is 9.66. The largest absolute Gasteiger partial charge is 0.396 e. The van der Waals surface area contributed by atoms with Crippen molar-refractivity contribution in [3.8, 4) is 0 Å². The second-order valence-corrected chi connectivity index (χ2v) is 8.35. The minimum atomic E-state index is -0.508. The van der Waals surface area contributed by atoms with E-state index in [1.807, 2.05) is 16.5 Å². The van der Waals surface area contributed by atoms with Crippen LogP contribution in [0.5, 0.6) is 0 Å². The molecule has 10 nitrogen and oxygen atoms in total. The van der Waals surface area contributed by atoms with Gasteiger partial charge in [0.1, 0.15) is 6.33 Å². The fourth-order valence-corrected chi connectivity index (χ4v) is 4.37. The van der Waals surface area contributed by atoms with E-state index in [0.717, 1.165) is 18.7 Å². The monoisotopic (exact) mass is 406 g/mol.